The van der Waals surface area contributed by atoms with Gasteiger partial charge in [0.15, 0.2) is 0 Å². The molecule has 2 amide bonds. The number of hydrogen-bond acceptors (Lipinski definition) is 3. The van der Waals surface area contributed by atoms with Gasteiger partial charge < -0.3 is 5.73 Å². The summed E-state index contributed by atoms with van der Waals surface area (Å²) in [5, 5.41) is 8.42. The summed E-state index contributed by atoms with van der Waals surface area (Å²) in [5.74, 6) is -4.04. The number of hydroxylamine groups is 1. The Labute approximate surface area is 99.3 Å². The van der Waals surface area contributed by atoms with Gasteiger partial charge in [-0.15, -0.1) is 0 Å². The molecule has 0 aromatic heterocycles. The van der Waals surface area contributed by atoms with Crippen LogP contribution in [0.25, 0.3) is 0 Å². The van der Waals surface area contributed by atoms with Crippen molar-refractivity contribution in [1.82, 2.24) is 5.48 Å². The number of rotatable bonds is 3. The number of amides is 2. The second-order valence-corrected chi connectivity index (χ2v) is 3.43. The van der Waals surface area contributed by atoms with Gasteiger partial charge in [0.05, 0.1) is 5.56 Å². The van der Waals surface area contributed by atoms with Crippen LogP contribution in [0.1, 0.15) is 17.0 Å². The van der Waals surface area contributed by atoms with Crippen molar-refractivity contribution in [2.24, 2.45) is 5.73 Å². The van der Waals surface area contributed by atoms with Crippen molar-refractivity contribution in [2.45, 2.75) is 12.1 Å². The molecule has 4 N–H and O–H groups in total. The Bertz CT molecular complexity index is 474. The third-order valence-electron chi connectivity index (χ3n) is 2.20. The van der Waals surface area contributed by atoms with Crippen LogP contribution in [-0.4, -0.2) is 17.0 Å². The van der Waals surface area contributed by atoms with Crippen LogP contribution in [0, 0.1) is 0 Å². The Morgan fingerprint density at radius 2 is 1.94 bits per heavy atom. The average molecular weight is 262 g/mol. The first-order chi connectivity index (χ1) is 8.27. The predicted octanol–water partition coefficient (Wildman–Crippen LogP) is 0.780. The van der Waals surface area contributed by atoms with Gasteiger partial charge in [0.2, 0.25) is 5.91 Å². The molecule has 5 nitrogen and oxygen atoms in total. The van der Waals surface area contributed by atoms with Gasteiger partial charge >= 0.3 is 6.18 Å². The van der Waals surface area contributed by atoms with Gasteiger partial charge in [-0.25, -0.2) is 5.48 Å². The molecule has 18 heavy (non-hydrogen) atoms. The zero-order valence-corrected chi connectivity index (χ0v) is 8.86. The quantitative estimate of drug-likeness (QED) is 0.427. The van der Waals surface area contributed by atoms with Crippen LogP contribution >= 0.6 is 0 Å². The molecule has 1 aromatic rings. The first-order valence-corrected chi connectivity index (χ1v) is 4.67. The smallest absolute Gasteiger partial charge is 0.369 e. The van der Waals surface area contributed by atoms with Crippen molar-refractivity contribution in [3.63, 3.8) is 0 Å². The fourth-order valence-corrected chi connectivity index (χ4v) is 1.40. The standard InChI is InChI=1S/C10H9F3N2O3/c11-10(12,13)6-3-1-2-5(4-6)7(8(14)16)9(17)15-18/h1-4,7,18H,(H2,14,16)(H,15,17). The van der Waals surface area contributed by atoms with Crippen molar-refractivity contribution < 1.29 is 28.0 Å². The highest BCUT2D eigenvalue weighted by Gasteiger charge is 2.33. The van der Waals surface area contributed by atoms with Crippen LogP contribution in [-0.2, 0) is 15.8 Å². The Kier molecular flexibility index (Phi) is 3.92. The van der Waals surface area contributed by atoms with Gasteiger partial charge in [0.25, 0.3) is 5.91 Å². The molecular weight excluding hydrogens is 253 g/mol. The van der Waals surface area contributed by atoms with Crippen LogP contribution in [0.5, 0.6) is 0 Å². The lowest BCUT2D eigenvalue weighted by atomic mass is 9.96. The molecule has 1 rings (SSSR count). The number of nitrogens with one attached hydrogen (secondary N) is 1. The summed E-state index contributed by atoms with van der Waals surface area (Å²) in [6.07, 6.45) is -4.60. The summed E-state index contributed by atoms with van der Waals surface area (Å²) in [7, 11) is 0. The van der Waals surface area contributed by atoms with Crippen molar-refractivity contribution in [1.29, 1.82) is 0 Å². The summed E-state index contributed by atoms with van der Waals surface area (Å²) in [5.41, 5.74) is 4.83. The monoisotopic (exact) mass is 262 g/mol. The zero-order valence-electron chi connectivity index (χ0n) is 8.86. The Morgan fingerprint density at radius 3 is 2.39 bits per heavy atom. The minimum absolute atomic E-state index is 0.246. The lowest BCUT2D eigenvalue weighted by molar-refractivity contribution is -0.139. The van der Waals surface area contributed by atoms with E-state index in [1.54, 1.807) is 0 Å². The van der Waals surface area contributed by atoms with Crippen molar-refractivity contribution in [2.75, 3.05) is 0 Å². The number of carbonyl (C=O) groups is 2. The molecule has 0 heterocycles. The highest BCUT2D eigenvalue weighted by molar-refractivity contribution is 6.04. The number of primary amides is 1. The van der Waals surface area contributed by atoms with Gasteiger partial charge in [-0.05, 0) is 11.6 Å². The second-order valence-electron chi connectivity index (χ2n) is 3.43. The SMILES string of the molecule is NC(=O)C(C(=O)NO)c1cccc(C(F)(F)F)c1. The molecule has 0 saturated heterocycles. The van der Waals surface area contributed by atoms with E-state index in [1.165, 1.54) is 5.48 Å². The maximum absolute atomic E-state index is 12.4. The third-order valence-corrected chi connectivity index (χ3v) is 2.20. The van der Waals surface area contributed by atoms with E-state index in [0.717, 1.165) is 18.2 Å². The molecule has 98 valence electrons. The van der Waals surface area contributed by atoms with Crippen LogP contribution in [0.2, 0.25) is 0 Å². The molecule has 0 bridgehead atoms. The van der Waals surface area contributed by atoms with E-state index in [2.05, 4.69) is 0 Å². The summed E-state index contributed by atoms with van der Waals surface area (Å²) in [6, 6.07) is 3.60. The molecule has 0 fully saturated rings. The molecule has 0 aliphatic carbocycles. The minimum Gasteiger partial charge on any atom is -0.369 e. The molecule has 0 aliphatic heterocycles. The summed E-state index contributed by atoms with van der Waals surface area (Å²) < 4.78 is 37.3. The van der Waals surface area contributed by atoms with Crippen LogP contribution in [0.4, 0.5) is 13.2 Å². The van der Waals surface area contributed by atoms with Crippen LogP contribution in [0.3, 0.4) is 0 Å². The fourth-order valence-electron chi connectivity index (χ4n) is 1.40. The molecule has 1 aromatic carbocycles. The van der Waals surface area contributed by atoms with E-state index in [4.69, 9.17) is 10.9 Å². The van der Waals surface area contributed by atoms with Gasteiger partial charge in [0, 0.05) is 0 Å². The molecule has 0 aliphatic rings. The molecule has 1 atom stereocenters. The number of alkyl halides is 3. The largest absolute Gasteiger partial charge is 0.416 e. The topological polar surface area (TPSA) is 92.4 Å². The van der Waals surface area contributed by atoms with Crippen LogP contribution < -0.4 is 11.2 Å². The molecule has 0 saturated carbocycles. The number of hydrogen-bond donors (Lipinski definition) is 3. The minimum atomic E-state index is -4.60. The third kappa shape index (κ3) is 2.98. The van der Waals surface area contributed by atoms with E-state index < -0.39 is 29.5 Å². The van der Waals surface area contributed by atoms with Gasteiger partial charge in [-0.3, -0.25) is 14.8 Å². The van der Waals surface area contributed by atoms with E-state index in [0.29, 0.717) is 6.07 Å². The Hall–Kier alpha value is -2.09. The Morgan fingerprint density at radius 1 is 1.33 bits per heavy atom. The lowest BCUT2D eigenvalue weighted by Crippen LogP contribution is -2.35. The van der Waals surface area contributed by atoms with Crippen molar-refractivity contribution in [3.8, 4) is 0 Å². The highest BCUT2D eigenvalue weighted by atomic mass is 19.4. The first kappa shape index (κ1) is 14.0. The highest BCUT2D eigenvalue weighted by Crippen LogP contribution is 2.31. The van der Waals surface area contributed by atoms with Gasteiger partial charge in [-0.2, -0.15) is 13.2 Å². The van der Waals surface area contributed by atoms with Gasteiger partial charge in [-0.1, -0.05) is 18.2 Å². The number of halogens is 3. The summed E-state index contributed by atoms with van der Waals surface area (Å²) >= 11 is 0. The van der Waals surface area contributed by atoms with E-state index in [-0.39, 0.29) is 5.56 Å². The van der Waals surface area contributed by atoms with E-state index in [9.17, 15) is 22.8 Å². The maximum Gasteiger partial charge on any atom is 0.416 e. The molecule has 0 radical (unpaired) electrons. The van der Waals surface area contributed by atoms with E-state index in [1.807, 2.05) is 0 Å². The van der Waals surface area contributed by atoms with Crippen molar-refractivity contribution in [3.05, 3.63) is 35.4 Å². The Balaban J connectivity index is 3.22. The predicted molar refractivity (Wildman–Crippen MR) is 53.3 cm³/mol. The van der Waals surface area contributed by atoms with E-state index >= 15 is 0 Å². The molecular formula is C10H9F3N2O3. The van der Waals surface area contributed by atoms with Gasteiger partial charge in [0.1, 0.15) is 5.92 Å². The normalized spacial score (nSPS) is 12.9. The zero-order chi connectivity index (χ0) is 13.9. The number of benzene rings is 1. The molecule has 0 spiro atoms. The summed E-state index contributed by atoms with van der Waals surface area (Å²) in [4.78, 5) is 22.2. The second kappa shape index (κ2) is 5.05. The van der Waals surface area contributed by atoms with Crippen molar-refractivity contribution >= 4 is 11.8 Å². The summed E-state index contributed by atoms with van der Waals surface area (Å²) in [6.45, 7) is 0. The molecule has 1 unspecified atom stereocenters. The maximum atomic E-state index is 12.4. The lowest BCUT2D eigenvalue weighted by Gasteiger charge is -2.13. The van der Waals surface area contributed by atoms with Crippen LogP contribution in [0.15, 0.2) is 24.3 Å². The fraction of sp³-hybridized carbons (Fsp3) is 0.200. The number of nitrogens with two attached hydrogens (primary N) is 1. The number of carbonyl (C=O) groups excluding carboxylic acids is 2. The molecule has 8 heteroatoms. The average Bonchev–Trinajstić information content (AvgIpc) is 2.27. The first-order valence-electron chi connectivity index (χ1n) is 4.67.